The van der Waals surface area contributed by atoms with Gasteiger partial charge in [-0.1, -0.05) is 36.6 Å². The average Bonchev–Trinajstić information content (AvgIpc) is 3.28. The maximum absolute atomic E-state index is 14.0. The smallest absolute Gasteiger partial charge is 0.450 e. The molecule has 0 radical (unpaired) electrons. The van der Waals surface area contributed by atoms with Crippen LogP contribution in [0.25, 0.3) is 22.1 Å². The molecule has 5 rings (SSSR count). The van der Waals surface area contributed by atoms with Crippen molar-refractivity contribution in [2.45, 2.75) is 44.4 Å². The third-order valence-electron chi connectivity index (χ3n) is 6.10. The van der Waals surface area contributed by atoms with Gasteiger partial charge in [-0.05, 0) is 42.7 Å². The van der Waals surface area contributed by atoms with Gasteiger partial charge in [-0.2, -0.15) is 13.2 Å². The van der Waals surface area contributed by atoms with Crippen molar-refractivity contribution in [3.63, 3.8) is 0 Å². The van der Waals surface area contributed by atoms with Crippen LogP contribution >= 0.6 is 11.6 Å². The Hall–Kier alpha value is -2.51. The lowest BCUT2D eigenvalue weighted by Gasteiger charge is -2.33. The molecule has 1 aromatic heterocycles. The van der Waals surface area contributed by atoms with Crippen molar-refractivity contribution in [3.8, 4) is 16.9 Å². The molecular formula is C23H19ClF3NO3. The van der Waals surface area contributed by atoms with Gasteiger partial charge in [0.15, 0.2) is 0 Å². The summed E-state index contributed by atoms with van der Waals surface area (Å²) in [6, 6.07) is 9.11. The van der Waals surface area contributed by atoms with Crippen molar-refractivity contribution >= 4 is 22.6 Å². The summed E-state index contributed by atoms with van der Waals surface area (Å²) in [7, 11) is 0. The van der Waals surface area contributed by atoms with Crippen LogP contribution in [-0.4, -0.2) is 17.7 Å². The lowest BCUT2D eigenvalue weighted by atomic mass is 9.99. The molecule has 2 aliphatic rings. The van der Waals surface area contributed by atoms with Crippen molar-refractivity contribution in [2.24, 2.45) is 0 Å². The molecule has 0 amide bonds. The van der Waals surface area contributed by atoms with Gasteiger partial charge in [0.2, 0.25) is 11.2 Å². The Morgan fingerprint density at radius 2 is 1.74 bits per heavy atom. The van der Waals surface area contributed by atoms with Crippen LogP contribution in [0, 0.1) is 0 Å². The van der Waals surface area contributed by atoms with Crippen LogP contribution in [0.15, 0.2) is 45.6 Å². The van der Waals surface area contributed by atoms with Gasteiger partial charge in [-0.3, -0.25) is 9.69 Å². The van der Waals surface area contributed by atoms with Gasteiger partial charge in [0.05, 0.1) is 16.5 Å². The van der Waals surface area contributed by atoms with Gasteiger partial charge in [-0.15, -0.1) is 0 Å². The zero-order valence-electron chi connectivity index (χ0n) is 16.5. The van der Waals surface area contributed by atoms with Crippen LogP contribution in [0.4, 0.5) is 13.2 Å². The molecular weight excluding hydrogens is 431 g/mol. The highest BCUT2D eigenvalue weighted by Crippen LogP contribution is 2.41. The molecule has 0 unspecified atom stereocenters. The van der Waals surface area contributed by atoms with E-state index >= 15 is 0 Å². The first-order valence-electron chi connectivity index (χ1n) is 10.2. The van der Waals surface area contributed by atoms with Crippen LogP contribution in [-0.2, 0) is 12.7 Å². The standard InChI is InChI=1S/C23H19ClF3NO3/c24-14-7-5-13(6-8-14)19-20(29)16-9-10-18-17(21(16)31-22(19)23(25,26)27)11-28(12-30-18)15-3-1-2-4-15/h5-10,15H,1-4,11-12H2. The van der Waals surface area contributed by atoms with Crippen LogP contribution < -0.4 is 10.2 Å². The largest absolute Gasteiger partial charge is 0.478 e. The highest BCUT2D eigenvalue weighted by atomic mass is 35.5. The quantitative estimate of drug-likeness (QED) is 0.465. The number of hydrogen-bond acceptors (Lipinski definition) is 4. The maximum atomic E-state index is 14.0. The molecule has 31 heavy (non-hydrogen) atoms. The molecule has 2 aromatic carbocycles. The third-order valence-corrected chi connectivity index (χ3v) is 6.35. The second-order valence-electron chi connectivity index (χ2n) is 8.02. The molecule has 8 heteroatoms. The lowest BCUT2D eigenvalue weighted by molar-refractivity contribution is -0.152. The number of benzene rings is 2. The minimum Gasteiger partial charge on any atom is -0.478 e. The molecule has 0 atom stereocenters. The van der Waals surface area contributed by atoms with Gasteiger partial charge in [0.25, 0.3) is 0 Å². The highest BCUT2D eigenvalue weighted by molar-refractivity contribution is 6.30. The van der Waals surface area contributed by atoms with E-state index in [0.717, 1.165) is 25.7 Å². The molecule has 162 valence electrons. The first-order valence-corrected chi connectivity index (χ1v) is 10.5. The number of nitrogens with zero attached hydrogens (tertiary/aromatic N) is 1. The normalized spacial score (nSPS) is 17.7. The molecule has 0 bridgehead atoms. The van der Waals surface area contributed by atoms with Gasteiger partial charge >= 0.3 is 6.18 Å². The molecule has 1 fully saturated rings. The molecule has 0 N–H and O–H groups in total. The first-order chi connectivity index (χ1) is 14.8. The minimum atomic E-state index is -4.84. The summed E-state index contributed by atoms with van der Waals surface area (Å²) in [6.45, 7) is 0.764. The van der Waals surface area contributed by atoms with E-state index < -0.39 is 22.9 Å². The fraction of sp³-hybridized carbons (Fsp3) is 0.348. The van der Waals surface area contributed by atoms with Gasteiger partial charge in [-0.25, -0.2) is 0 Å². The van der Waals surface area contributed by atoms with Crippen molar-refractivity contribution in [2.75, 3.05) is 6.73 Å². The topological polar surface area (TPSA) is 42.7 Å². The molecule has 1 aliphatic heterocycles. The Kier molecular flexibility index (Phi) is 4.98. The summed E-state index contributed by atoms with van der Waals surface area (Å²) in [5.74, 6) is -0.851. The molecule has 3 aromatic rings. The molecule has 2 heterocycles. The molecule has 1 aliphatic carbocycles. The van der Waals surface area contributed by atoms with E-state index in [1.165, 1.54) is 30.3 Å². The molecule has 1 saturated carbocycles. The van der Waals surface area contributed by atoms with E-state index in [9.17, 15) is 18.0 Å². The number of alkyl halides is 3. The van der Waals surface area contributed by atoms with Crippen molar-refractivity contribution in [1.29, 1.82) is 0 Å². The van der Waals surface area contributed by atoms with Crippen LogP contribution in [0.1, 0.15) is 37.0 Å². The number of hydrogen-bond donors (Lipinski definition) is 0. The predicted octanol–water partition coefficient (Wildman–Crippen LogP) is 6.23. The highest BCUT2D eigenvalue weighted by Gasteiger charge is 2.40. The predicted molar refractivity (Wildman–Crippen MR) is 111 cm³/mol. The molecule has 0 spiro atoms. The van der Waals surface area contributed by atoms with Gasteiger partial charge < -0.3 is 9.15 Å². The lowest BCUT2D eigenvalue weighted by Crippen LogP contribution is -2.39. The summed E-state index contributed by atoms with van der Waals surface area (Å²) >= 11 is 5.87. The van der Waals surface area contributed by atoms with Crippen molar-refractivity contribution in [3.05, 3.63) is 63.0 Å². The van der Waals surface area contributed by atoms with E-state index in [0.29, 0.717) is 35.7 Å². The van der Waals surface area contributed by atoms with Crippen molar-refractivity contribution < 1.29 is 22.3 Å². The number of halogens is 4. The zero-order valence-corrected chi connectivity index (χ0v) is 17.2. The second kappa shape index (κ2) is 7.57. The van der Waals surface area contributed by atoms with Crippen LogP contribution in [0.5, 0.6) is 5.75 Å². The maximum Gasteiger partial charge on any atom is 0.450 e. The third kappa shape index (κ3) is 3.59. The monoisotopic (exact) mass is 449 g/mol. The van der Waals surface area contributed by atoms with Crippen LogP contribution in [0.2, 0.25) is 5.02 Å². The molecule has 0 saturated heterocycles. The Morgan fingerprint density at radius 1 is 1.03 bits per heavy atom. The molecule has 4 nitrogen and oxygen atoms in total. The Bertz CT molecular complexity index is 1200. The first kappa shape index (κ1) is 20.4. The number of ether oxygens (including phenoxy) is 1. The zero-order chi connectivity index (χ0) is 21.8. The number of rotatable bonds is 2. The summed E-state index contributed by atoms with van der Waals surface area (Å²) in [4.78, 5) is 15.4. The minimum absolute atomic E-state index is 0.0600. The van der Waals surface area contributed by atoms with Gasteiger partial charge in [0.1, 0.15) is 18.1 Å². The fourth-order valence-electron chi connectivity index (χ4n) is 4.56. The van der Waals surface area contributed by atoms with E-state index in [1.54, 1.807) is 6.07 Å². The van der Waals surface area contributed by atoms with Gasteiger partial charge in [0, 0.05) is 17.6 Å². The number of fused-ring (bicyclic) bond motifs is 3. The summed E-state index contributed by atoms with van der Waals surface area (Å²) in [5.41, 5.74) is -0.706. The van der Waals surface area contributed by atoms with E-state index in [4.69, 9.17) is 20.8 Å². The second-order valence-corrected chi connectivity index (χ2v) is 8.45. The average molecular weight is 450 g/mol. The van der Waals surface area contributed by atoms with E-state index in [-0.39, 0.29) is 16.5 Å². The Morgan fingerprint density at radius 3 is 2.42 bits per heavy atom. The van der Waals surface area contributed by atoms with E-state index in [1.807, 2.05) is 0 Å². The SMILES string of the molecule is O=c1c(-c2ccc(Cl)cc2)c(C(F)(F)F)oc2c3c(ccc12)OCN(C1CCCC1)C3. The summed E-state index contributed by atoms with van der Waals surface area (Å²) in [5, 5.41) is 0.467. The Labute approximate surface area is 181 Å². The summed E-state index contributed by atoms with van der Waals surface area (Å²) in [6.07, 6.45) is -0.530. The Balaban J connectivity index is 1.72. The fourth-order valence-corrected chi connectivity index (χ4v) is 4.69. The van der Waals surface area contributed by atoms with Crippen molar-refractivity contribution in [1.82, 2.24) is 4.90 Å². The summed E-state index contributed by atoms with van der Waals surface area (Å²) < 4.78 is 53.2. The van der Waals surface area contributed by atoms with Crippen LogP contribution in [0.3, 0.4) is 0 Å². The van der Waals surface area contributed by atoms with E-state index in [2.05, 4.69) is 4.90 Å².